The third-order valence-electron chi connectivity index (χ3n) is 6.31. The highest BCUT2D eigenvalue weighted by atomic mass is 16.5. The first-order valence-corrected chi connectivity index (χ1v) is 12.0. The van der Waals surface area contributed by atoms with Crippen LogP contribution >= 0.6 is 0 Å². The van der Waals surface area contributed by atoms with Gasteiger partial charge in [0, 0.05) is 45.0 Å². The summed E-state index contributed by atoms with van der Waals surface area (Å²) in [5.41, 5.74) is 1.57. The number of nitrogens with one attached hydrogen (secondary N) is 1. The molecule has 0 saturated heterocycles. The molecule has 9 nitrogen and oxygen atoms in total. The highest BCUT2D eigenvalue weighted by Crippen LogP contribution is 2.30. The van der Waals surface area contributed by atoms with E-state index in [0.717, 1.165) is 61.2 Å². The summed E-state index contributed by atoms with van der Waals surface area (Å²) < 4.78 is 13.4. The highest BCUT2D eigenvalue weighted by molar-refractivity contribution is 5.94. The minimum atomic E-state index is -0.232. The van der Waals surface area contributed by atoms with E-state index in [4.69, 9.17) is 9.47 Å². The molecule has 1 aliphatic heterocycles. The molecule has 1 N–H and O–H groups in total. The van der Waals surface area contributed by atoms with Crippen LogP contribution < -0.4 is 14.8 Å². The average molecular weight is 479 g/mol. The van der Waals surface area contributed by atoms with Gasteiger partial charge in [-0.05, 0) is 36.6 Å². The van der Waals surface area contributed by atoms with Crippen molar-refractivity contribution in [1.29, 1.82) is 0 Å². The molecule has 1 amide bonds. The van der Waals surface area contributed by atoms with E-state index in [-0.39, 0.29) is 11.9 Å². The molecule has 0 saturated carbocycles. The molecule has 0 radical (unpaired) electrons. The highest BCUT2D eigenvalue weighted by Gasteiger charge is 2.27. The van der Waals surface area contributed by atoms with Gasteiger partial charge in [-0.2, -0.15) is 0 Å². The Kier molecular flexibility index (Phi) is 7.97. The van der Waals surface area contributed by atoms with Crippen molar-refractivity contribution < 1.29 is 14.3 Å². The molecule has 0 aliphatic carbocycles. The number of ether oxygens (including phenoxy) is 2. The maximum absolute atomic E-state index is 12.9. The minimum Gasteiger partial charge on any atom is -0.496 e. The van der Waals surface area contributed by atoms with Gasteiger partial charge >= 0.3 is 0 Å². The molecule has 3 heterocycles. The van der Waals surface area contributed by atoms with E-state index >= 15 is 0 Å². The van der Waals surface area contributed by atoms with Crippen LogP contribution in [-0.4, -0.2) is 57.9 Å². The quantitative estimate of drug-likeness (QED) is 0.504. The fourth-order valence-electron chi connectivity index (χ4n) is 4.55. The van der Waals surface area contributed by atoms with E-state index in [9.17, 15) is 4.79 Å². The first-order chi connectivity index (χ1) is 17.0. The fourth-order valence-corrected chi connectivity index (χ4v) is 4.55. The zero-order valence-electron chi connectivity index (χ0n) is 20.9. The Morgan fingerprint density at radius 3 is 2.49 bits per heavy atom. The van der Waals surface area contributed by atoms with E-state index < -0.39 is 0 Å². The Balaban J connectivity index is 1.52. The topological polar surface area (TPSA) is 94.4 Å². The number of hydrogen-bond donors (Lipinski definition) is 1. The second kappa shape index (κ2) is 11.3. The van der Waals surface area contributed by atoms with Crippen LogP contribution in [0.5, 0.6) is 11.5 Å². The number of nitrogens with zero attached hydrogens (tertiary/aromatic N) is 5. The molecule has 0 unspecified atom stereocenters. The van der Waals surface area contributed by atoms with Crippen molar-refractivity contribution in [3.63, 3.8) is 0 Å². The number of carbonyl (C=O) groups is 1. The van der Waals surface area contributed by atoms with E-state index in [1.165, 1.54) is 0 Å². The largest absolute Gasteiger partial charge is 0.496 e. The molecule has 0 fully saturated rings. The molecular weight excluding hydrogens is 444 g/mol. The molecule has 2 aromatic heterocycles. The van der Waals surface area contributed by atoms with Crippen LogP contribution in [0.3, 0.4) is 0 Å². The SMILES string of the molecule is COc1cccc(OC)c1CN1CCc2nnc([C@@H](CC(C)C)NC(=O)c3cccnc3)n2CC1. The summed E-state index contributed by atoms with van der Waals surface area (Å²) in [6.45, 7) is 7.41. The van der Waals surface area contributed by atoms with Crippen LogP contribution in [0, 0.1) is 5.92 Å². The first-order valence-electron chi connectivity index (χ1n) is 12.0. The molecule has 1 aliphatic rings. The van der Waals surface area contributed by atoms with Crippen LogP contribution in [0.1, 0.15) is 53.9 Å². The monoisotopic (exact) mass is 478 g/mol. The molecule has 0 bridgehead atoms. The van der Waals surface area contributed by atoms with Gasteiger partial charge in [-0.3, -0.25) is 14.7 Å². The van der Waals surface area contributed by atoms with E-state index in [0.29, 0.717) is 18.0 Å². The van der Waals surface area contributed by atoms with Crippen molar-refractivity contribution in [1.82, 2.24) is 30.0 Å². The third kappa shape index (κ3) is 5.79. The zero-order chi connectivity index (χ0) is 24.8. The molecule has 1 aromatic carbocycles. The fraction of sp³-hybridized carbons (Fsp3) is 0.462. The lowest BCUT2D eigenvalue weighted by molar-refractivity contribution is 0.0928. The Hall–Kier alpha value is -3.46. The van der Waals surface area contributed by atoms with Gasteiger partial charge in [0.1, 0.15) is 17.3 Å². The van der Waals surface area contributed by atoms with E-state index in [1.807, 2.05) is 18.2 Å². The summed E-state index contributed by atoms with van der Waals surface area (Å²) in [5.74, 6) is 3.62. The predicted octanol–water partition coefficient (Wildman–Crippen LogP) is 3.27. The van der Waals surface area contributed by atoms with E-state index in [2.05, 4.69) is 43.8 Å². The minimum absolute atomic E-state index is 0.153. The summed E-state index contributed by atoms with van der Waals surface area (Å²) in [6, 6.07) is 9.16. The van der Waals surface area contributed by atoms with Crippen LogP contribution in [0.25, 0.3) is 0 Å². The van der Waals surface area contributed by atoms with Gasteiger partial charge in [0.15, 0.2) is 5.82 Å². The van der Waals surface area contributed by atoms with E-state index in [1.54, 1.807) is 38.7 Å². The van der Waals surface area contributed by atoms with Crippen LogP contribution in [0.4, 0.5) is 0 Å². The number of benzene rings is 1. The number of aromatic nitrogens is 4. The number of carbonyl (C=O) groups excluding carboxylic acids is 1. The first kappa shape index (κ1) is 24.7. The zero-order valence-corrected chi connectivity index (χ0v) is 20.9. The van der Waals surface area contributed by atoms with Gasteiger partial charge in [0.2, 0.25) is 0 Å². The van der Waals surface area contributed by atoms with Crippen molar-refractivity contribution in [3.8, 4) is 11.5 Å². The molecule has 0 spiro atoms. The van der Waals surface area contributed by atoms with Gasteiger partial charge in [-0.15, -0.1) is 10.2 Å². The molecule has 186 valence electrons. The molecule has 35 heavy (non-hydrogen) atoms. The maximum Gasteiger partial charge on any atom is 0.253 e. The Labute approximate surface area is 206 Å². The maximum atomic E-state index is 12.9. The van der Waals surface area contributed by atoms with Crippen molar-refractivity contribution in [2.45, 2.75) is 45.8 Å². The predicted molar refractivity (Wildman–Crippen MR) is 132 cm³/mol. The number of fused-ring (bicyclic) bond motifs is 1. The smallest absolute Gasteiger partial charge is 0.253 e. The molecule has 9 heteroatoms. The summed E-state index contributed by atoms with van der Waals surface area (Å²) >= 11 is 0. The summed E-state index contributed by atoms with van der Waals surface area (Å²) in [5, 5.41) is 12.2. The van der Waals surface area contributed by atoms with Gasteiger partial charge in [0.05, 0.1) is 31.4 Å². The number of amides is 1. The van der Waals surface area contributed by atoms with Crippen LogP contribution in [-0.2, 0) is 19.5 Å². The van der Waals surface area contributed by atoms with Gasteiger partial charge in [-0.1, -0.05) is 19.9 Å². The number of pyridine rings is 1. The number of hydrogen-bond acceptors (Lipinski definition) is 7. The Morgan fingerprint density at radius 2 is 1.83 bits per heavy atom. The Bertz CT molecular complexity index is 1110. The molecule has 4 rings (SSSR count). The second-order valence-corrected chi connectivity index (χ2v) is 9.19. The van der Waals surface area contributed by atoms with Crippen LogP contribution in [0.2, 0.25) is 0 Å². The van der Waals surface area contributed by atoms with Crippen molar-refractivity contribution in [2.75, 3.05) is 27.3 Å². The summed E-state index contributed by atoms with van der Waals surface area (Å²) in [4.78, 5) is 19.4. The lowest BCUT2D eigenvalue weighted by atomic mass is 10.0. The second-order valence-electron chi connectivity index (χ2n) is 9.19. The number of methoxy groups -OCH3 is 2. The Morgan fingerprint density at radius 1 is 1.06 bits per heavy atom. The van der Waals surface area contributed by atoms with Crippen LogP contribution in [0.15, 0.2) is 42.7 Å². The summed E-state index contributed by atoms with van der Waals surface area (Å²) in [7, 11) is 3.37. The van der Waals surface area contributed by atoms with Gasteiger partial charge in [0.25, 0.3) is 5.91 Å². The number of rotatable bonds is 9. The third-order valence-corrected chi connectivity index (χ3v) is 6.31. The summed E-state index contributed by atoms with van der Waals surface area (Å²) in [6.07, 6.45) is 4.78. The van der Waals surface area contributed by atoms with Gasteiger partial charge in [-0.25, -0.2) is 0 Å². The molecule has 1 atom stereocenters. The lowest BCUT2D eigenvalue weighted by Gasteiger charge is -2.23. The van der Waals surface area contributed by atoms with Crippen molar-refractivity contribution in [2.24, 2.45) is 5.92 Å². The van der Waals surface area contributed by atoms with Crippen molar-refractivity contribution in [3.05, 3.63) is 65.5 Å². The molecular formula is C26H34N6O3. The lowest BCUT2D eigenvalue weighted by Crippen LogP contribution is -2.32. The standard InChI is InChI=1S/C26H34N6O3/c1-18(2)15-21(28-26(33)19-7-6-11-27-16-19)25-30-29-24-10-12-31(13-14-32(24)25)17-20-22(34-3)8-5-9-23(20)35-4/h5-9,11,16,18,21H,10,12-15,17H2,1-4H3,(H,28,33)/t21-/m1/s1. The van der Waals surface area contributed by atoms with Crippen molar-refractivity contribution >= 4 is 5.91 Å². The molecule has 3 aromatic rings. The normalized spacial score (nSPS) is 14.8. The van der Waals surface area contributed by atoms with Gasteiger partial charge < -0.3 is 19.4 Å². The average Bonchev–Trinajstić information content (AvgIpc) is 3.17.